The fourth-order valence-corrected chi connectivity index (χ4v) is 6.19. The maximum Gasteiger partial charge on any atom is 0.416 e. The first-order valence-electron chi connectivity index (χ1n) is 13.0. The Morgan fingerprint density at radius 2 is 1.78 bits per heavy atom. The third-order valence-electron chi connectivity index (χ3n) is 7.10. The highest BCUT2D eigenvalue weighted by molar-refractivity contribution is 7.07. The molecule has 10 heteroatoms. The van der Waals surface area contributed by atoms with Gasteiger partial charge in [0.05, 0.1) is 34.0 Å². The summed E-state index contributed by atoms with van der Waals surface area (Å²) in [6, 6.07) is 13.9. The zero-order valence-electron chi connectivity index (χ0n) is 23.2. The van der Waals surface area contributed by atoms with Gasteiger partial charge < -0.3 is 9.30 Å². The van der Waals surface area contributed by atoms with Gasteiger partial charge in [0.15, 0.2) is 4.80 Å². The molecule has 1 aliphatic heterocycles. The average Bonchev–Trinajstić information content (AvgIpc) is 3.37. The van der Waals surface area contributed by atoms with E-state index in [1.807, 2.05) is 37.3 Å². The summed E-state index contributed by atoms with van der Waals surface area (Å²) >= 11 is 1.20. The van der Waals surface area contributed by atoms with Gasteiger partial charge in [-0.15, -0.1) is 0 Å². The van der Waals surface area contributed by atoms with Crippen LogP contribution >= 0.6 is 11.3 Å². The first-order chi connectivity index (χ1) is 19.4. The Labute approximate surface area is 238 Å². The van der Waals surface area contributed by atoms with E-state index in [1.165, 1.54) is 22.0 Å². The van der Waals surface area contributed by atoms with Crippen LogP contribution in [-0.4, -0.2) is 21.7 Å². The van der Waals surface area contributed by atoms with Crippen LogP contribution in [-0.2, 0) is 15.7 Å². The minimum atomic E-state index is -4.46. The van der Waals surface area contributed by atoms with E-state index < -0.39 is 23.8 Å². The van der Waals surface area contributed by atoms with Crippen LogP contribution < -0.4 is 14.9 Å². The van der Waals surface area contributed by atoms with E-state index in [9.17, 15) is 22.8 Å². The minimum absolute atomic E-state index is 0.183. The highest BCUT2D eigenvalue weighted by Gasteiger charge is 2.33. The molecule has 0 saturated carbocycles. The Morgan fingerprint density at radius 1 is 1.07 bits per heavy atom. The van der Waals surface area contributed by atoms with Gasteiger partial charge in [-0.2, -0.15) is 13.2 Å². The van der Waals surface area contributed by atoms with Gasteiger partial charge in [0, 0.05) is 17.1 Å². The van der Waals surface area contributed by atoms with Crippen LogP contribution in [0.25, 0.3) is 11.8 Å². The number of hydrogen-bond donors (Lipinski definition) is 0. The molecule has 6 nitrogen and oxygen atoms in total. The molecule has 212 valence electrons. The Kier molecular flexibility index (Phi) is 7.37. The molecule has 0 fully saturated rings. The average molecular weight is 580 g/mol. The van der Waals surface area contributed by atoms with Crippen molar-refractivity contribution in [2.45, 2.75) is 46.8 Å². The number of aromatic nitrogens is 2. The summed E-state index contributed by atoms with van der Waals surface area (Å²) in [5.41, 5.74) is 3.99. The number of alkyl halides is 3. The fraction of sp³-hybridized carbons (Fsp3) is 0.258. The molecule has 4 aromatic rings. The zero-order valence-corrected chi connectivity index (χ0v) is 24.0. The lowest BCUT2D eigenvalue weighted by Crippen LogP contribution is -2.39. The Bertz CT molecular complexity index is 1880. The molecule has 0 saturated heterocycles. The monoisotopic (exact) mass is 579 g/mol. The lowest BCUT2D eigenvalue weighted by molar-refractivity contribution is -0.139. The second-order valence-electron chi connectivity index (χ2n) is 9.92. The molecule has 3 heterocycles. The van der Waals surface area contributed by atoms with Gasteiger partial charge in [0.1, 0.15) is 0 Å². The van der Waals surface area contributed by atoms with Crippen LogP contribution in [0.4, 0.5) is 13.2 Å². The Balaban J connectivity index is 1.67. The largest absolute Gasteiger partial charge is 0.463 e. The van der Waals surface area contributed by atoms with Crippen LogP contribution in [0.1, 0.15) is 53.5 Å². The number of rotatable bonds is 5. The molecular weight excluding hydrogens is 551 g/mol. The van der Waals surface area contributed by atoms with Gasteiger partial charge >= 0.3 is 12.1 Å². The van der Waals surface area contributed by atoms with Crippen molar-refractivity contribution < 1.29 is 22.7 Å². The van der Waals surface area contributed by atoms with Crippen molar-refractivity contribution in [3.63, 3.8) is 0 Å². The summed E-state index contributed by atoms with van der Waals surface area (Å²) in [4.78, 5) is 32.0. The number of carbonyl (C=O) groups excluding carboxylic acids is 1. The van der Waals surface area contributed by atoms with Gasteiger partial charge in [-0.05, 0) is 76.1 Å². The van der Waals surface area contributed by atoms with Gasteiger partial charge in [-0.1, -0.05) is 47.2 Å². The minimum Gasteiger partial charge on any atom is -0.463 e. The Morgan fingerprint density at radius 3 is 2.44 bits per heavy atom. The number of aryl methyl sites for hydroxylation is 2. The van der Waals surface area contributed by atoms with Crippen molar-refractivity contribution in [1.82, 2.24) is 9.13 Å². The van der Waals surface area contributed by atoms with Crippen LogP contribution in [0.3, 0.4) is 0 Å². The van der Waals surface area contributed by atoms with Crippen molar-refractivity contribution in [3.8, 4) is 5.69 Å². The number of ether oxygens (including phenoxy) is 1. The third-order valence-corrected chi connectivity index (χ3v) is 8.08. The van der Waals surface area contributed by atoms with Crippen molar-refractivity contribution in [1.29, 1.82) is 0 Å². The van der Waals surface area contributed by atoms with Crippen LogP contribution in [0.2, 0.25) is 0 Å². The van der Waals surface area contributed by atoms with E-state index in [4.69, 9.17) is 4.74 Å². The molecular formula is C31H28F3N3O3S. The van der Waals surface area contributed by atoms with E-state index in [0.29, 0.717) is 37.5 Å². The van der Waals surface area contributed by atoms with Gasteiger partial charge in [0.25, 0.3) is 5.56 Å². The standard InChI is InChI=1S/C31H28F3N3O3S/c1-6-40-29(39)26-19(4)35-30-37(27(26)21-12-10-17(2)11-13-21)28(38)25(41-30)15-22-14-18(3)36(20(22)5)24-9-7-8-23(16-24)31(32,33)34/h7-16,27H,6H2,1-5H3/b25-15+/t27-/m1/s1. The molecule has 2 aromatic carbocycles. The number of halogens is 3. The Hall–Kier alpha value is -4.18. The summed E-state index contributed by atoms with van der Waals surface area (Å²) in [7, 11) is 0. The highest BCUT2D eigenvalue weighted by Crippen LogP contribution is 2.32. The quantitative estimate of drug-likeness (QED) is 0.292. The molecule has 0 radical (unpaired) electrons. The van der Waals surface area contributed by atoms with Gasteiger partial charge in [-0.25, -0.2) is 9.79 Å². The zero-order chi connectivity index (χ0) is 29.6. The van der Waals surface area contributed by atoms with E-state index in [2.05, 4.69) is 4.99 Å². The predicted octanol–water partition coefficient (Wildman–Crippen LogP) is 5.53. The number of fused-ring (bicyclic) bond motifs is 1. The molecule has 1 aliphatic rings. The number of hydrogen-bond acceptors (Lipinski definition) is 5. The molecule has 5 rings (SSSR count). The van der Waals surface area contributed by atoms with E-state index in [-0.39, 0.29) is 12.2 Å². The first-order valence-corrected chi connectivity index (χ1v) is 13.8. The molecule has 0 aliphatic carbocycles. The summed E-state index contributed by atoms with van der Waals surface area (Å²) in [6.07, 6.45) is -2.73. The SMILES string of the molecule is CCOC(=O)C1=C(C)N=c2s/c(=C/c3cc(C)n(-c4cccc(C(F)(F)F)c4)c3C)c(=O)n2[C@@H]1c1ccc(C)cc1. The van der Waals surface area contributed by atoms with E-state index in [1.54, 1.807) is 44.4 Å². The number of allylic oxidation sites excluding steroid dienone is 1. The molecule has 0 amide bonds. The summed E-state index contributed by atoms with van der Waals surface area (Å²) in [6.45, 7) is 9.19. The molecule has 0 bridgehead atoms. The van der Waals surface area contributed by atoms with Crippen LogP contribution in [0, 0.1) is 20.8 Å². The number of thiazole rings is 1. The van der Waals surface area contributed by atoms with Crippen molar-refractivity contribution >= 4 is 23.4 Å². The number of carbonyl (C=O) groups is 1. The summed E-state index contributed by atoms with van der Waals surface area (Å²) in [5, 5.41) is 0. The lowest BCUT2D eigenvalue weighted by Gasteiger charge is -2.24. The number of nitrogens with zero attached hydrogens (tertiary/aromatic N) is 3. The molecule has 1 atom stereocenters. The molecule has 2 aromatic heterocycles. The summed E-state index contributed by atoms with van der Waals surface area (Å²) < 4.78 is 49.1. The second kappa shape index (κ2) is 10.7. The normalized spacial score (nSPS) is 15.6. The van der Waals surface area contributed by atoms with E-state index in [0.717, 1.165) is 29.0 Å². The van der Waals surface area contributed by atoms with Crippen molar-refractivity contribution in [3.05, 3.63) is 119 Å². The first kappa shape index (κ1) is 28.4. The molecule has 41 heavy (non-hydrogen) atoms. The lowest BCUT2D eigenvalue weighted by atomic mass is 9.95. The number of benzene rings is 2. The predicted molar refractivity (Wildman–Crippen MR) is 152 cm³/mol. The van der Waals surface area contributed by atoms with Gasteiger partial charge in [0.2, 0.25) is 0 Å². The molecule has 0 spiro atoms. The van der Waals surface area contributed by atoms with Crippen molar-refractivity contribution in [2.24, 2.45) is 4.99 Å². The topological polar surface area (TPSA) is 65.6 Å². The van der Waals surface area contributed by atoms with E-state index >= 15 is 0 Å². The smallest absolute Gasteiger partial charge is 0.416 e. The molecule has 0 unspecified atom stereocenters. The summed E-state index contributed by atoms with van der Waals surface area (Å²) in [5.74, 6) is -0.529. The fourth-order valence-electron chi connectivity index (χ4n) is 5.15. The van der Waals surface area contributed by atoms with Crippen molar-refractivity contribution in [2.75, 3.05) is 6.61 Å². The molecule has 0 N–H and O–H groups in total. The van der Waals surface area contributed by atoms with Crippen LogP contribution in [0.15, 0.2) is 75.7 Å². The maximum absolute atomic E-state index is 13.9. The second-order valence-corrected chi connectivity index (χ2v) is 10.9. The highest BCUT2D eigenvalue weighted by atomic mass is 32.1. The third kappa shape index (κ3) is 5.19. The maximum atomic E-state index is 13.9. The number of esters is 1. The van der Waals surface area contributed by atoms with Gasteiger partial charge in [-0.3, -0.25) is 9.36 Å². The van der Waals surface area contributed by atoms with Crippen LogP contribution in [0.5, 0.6) is 0 Å².